The number of urea groups is 1. The quantitative estimate of drug-likeness (QED) is 0.389. The van der Waals surface area contributed by atoms with Gasteiger partial charge < -0.3 is 10.6 Å². The van der Waals surface area contributed by atoms with E-state index in [2.05, 4.69) is 11.4 Å². The Hall–Kier alpha value is -0.138. The standard InChI is InChI=1S/C8H17N2O3P.Al.3H/c1-2-3-5-10(8(9)11)6-4-7-13-14-12;;;;/h2-7H2,1H3,(H2,9,11);;;;. The van der Waals surface area contributed by atoms with Crippen LogP contribution in [-0.2, 0) is 9.09 Å². The molecular weight excluding hydrogens is 230 g/mol. The zero-order chi connectivity index (χ0) is 10.8. The Morgan fingerprint density at radius 1 is 1.40 bits per heavy atom. The van der Waals surface area contributed by atoms with Crippen LogP contribution >= 0.6 is 8.69 Å². The largest absolute Gasteiger partial charge is 0.351 e. The van der Waals surface area contributed by atoms with Crippen molar-refractivity contribution in [3.05, 3.63) is 0 Å². The van der Waals surface area contributed by atoms with Gasteiger partial charge in [0.2, 0.25) is 0 Å². The molecule has 2 N–H and O–H groups in total. The number of hydrogen-bond acceptors (Lipinski definition) is 3. The van der Waals surface area contributed by atoms with Crippen LogP contribution in [0.25, 0.3) is 0 Å². The summed E-state index contributed by atoms with van der Waals surface area (Å²) >= 11 is 0. The molecule has 0 atom stereocenters. The molecule has 15 heavy (non-hydrogen) atoms. The number of carbonyl (C=O) groups is 1. The molecule has 0 saturated carbocycles. The number of nitrogens with zero attached hydrogens (tertiary/aromatic N) is 1. The first kappa shape index (κ1) is 17.3. The number of unbranched alkanes of at least 4 members (excludes halogenated alkanes) is 1. The maximum absolute atomic E-state index is 10.9. The highest BCUT2D eigenvalue weighted by molar-refractivity contribution is 7.17. The van der Waals surface area contributed by atoms with E-state index < -0.39 is 6.03 Å². The maximum atomic E-state index is 10.9. The zero-order valence-corrected chi connectivity index (χ0v) is 9.33. The van der Waals surface area contributed by atoms with E-state index >= 15 is 0 Å². The van der Waals surface area contributed by atoms with Gasteiger partial charge >= 0.3 is 14.7 Å². The highest BCUT2D eigenvalue weighted by Crippen LogP contribution is 2.00. The summed E-state index contributed by atoms with van der Waals surface area (Å²) in [5.41, 5.74) is 5.17. The second kappa shape index (κ2) is 11.9. The molecule has 0 spiro atoms. The Balaban J connectivity index is 0. The van der Waals surface area contributed by atoms with Crippen LogP contribution in [0.1, 0.15) is 26.2 Å². The van der Waals surface area contributed by atoms with Gasteiger partial charge in [-0.25, -0.2) is 9.36 Å². The summed E-state index contributed by atoms with van der Waals surface area (Å²) < 4.78 is 14.5. The number of primary amides is 1. The van der Waals surface area contributed by atoms with E-state index in [1.807, 2.05) is 0 Å². The van der Waals surface area contributed by atoms with Crippen LogP contribution in [0.3, 0.4) is 0 Å². The van der Waals surface area contributed by atoms with E-state index in [-0.39, 0.29) is 26.0 Å². The lowest BCUT2D eigenvalue weighted by atomic mass is 10.3. The first-order valence-electron chi connectivity index (χ1n) is 4.71. The van der Waals surface area contributed by atoms with Crippen LogP contribution in [0.4, 0.5) is 4.79 Å². The van der Waals surface area contributed by atoms with Gasteiger partial charge in [0.25, 0.3) is 0 Å². The van der Waals surface area contributed by atoms with Crippen molar-refractivity contribution < 1.29 is 13.9 Å². The fraction of sp³-hybridized carbons (Fsp3) is 0.875. The third-order valence-electron chi connectivity index (χ3n) is 1.81. The molecule has 2 amide bonds. The van der Waals surface area contributed by atoms with Crippen molar-refractivity contribution in [3.63, 3.8) is 0 Å². The topological polar surface area (TPSA) is 72.6 Å². The predicted octanol–water partition coefficient (Wildman–Crippen LogP) is 0.597. The van der Waals surface area contributed by atoms with Gasteiger partial charge in [-0.1, -0.05) is 13.3 Å². The monoisotopic (exact) mass is 250 g/mol. The van der Waals surface area contributed by atoms with Crippen molar-refractivity contribution >= 4 is 32.1 Å². The van der Waals surface area contributed by atoms with Crippen molar-refractivity contribution in [3.8, 4) is 0 Å². The second-order valence-corrected chi connectivity index (χ2v) is 3.35. The van der Waals surface area contributed by atoms with Gasteiger partial charge in [-0.15, -0.1) is 0 Å². The van der Waals surface area contributed by atoms with Crippen molar-refractivity contribution in [2.45, 2.75) is 26.2 Å². The Bertz CT molecular complexity index is 183. The zero-order valence-electron chi connectivity index (χ0n) is 8.44. The maximum Gasteiger partial charge on any atom is 0.327 e. The summed E-state index contributed by atoms with van der Waals surface area (Å²) in [4.78, 5) is 12.5. The number of amides is 2. The molecule has 5 nitrogen and oxygen atoms in total. The van der Waals surface area contributed by atoms with E-state index in [9.17, 15) is 9.36 Å². The third kappa shape index (κ3) is 10.2. The lowest BCUT2D eigenvalue weighted by Gasteiger charge is -2.19. The van der Waals surface area contributed by atoms with Gasteiger partial charge in [0.05, 0.1) is 6.61 Å². The molecule has 0 aliphatic rings. The number of carbonyl (C=O) groups excluding carboxylic acids is 1. The average Bonchev–Trinajstić information content (AvgIpc) is 2.16. The summed E-state index contributed by atoms with van der Waals surface area (Å²) in [7, 11) is -0.317. The molecule has 0 aliphatic carbocycles. The molecule has 0 saturated heterocycles. The van der Waals surface area contributed by atoms with Gasteiger partial charge in [0.15, 0.2) is 17.4 Å². The molecular formula is C8H20AlN2O3P. The molecule has 0 rings (SSSR count). The Kier molecular flexibility index (Phi) is 13.7. The fourth-order valence-electron chi connectivity index (χ4n) is 1.04. The minimum absolute atomic E-state index is 0. The molecule has 0 heterocycles. The normalized spacial score (nSPS) is 9.67. The molecule has 0 bridgehead atoms. The fourth-order valence-corrected chi connectivity index (χ4v) is 1.24. The molecule has 88 valence electrons. The van der Waals surface area contributed by atoms with Crippen molar-refractivity contribution in [1.29, 1.82) is 0 Å². The van der Waals surface area contributed by atoms with Gasteiger partial charge in [-0.05, 0) is 12.8 Å². The molecule has 0 aromatic carbocycles. The molecule has 0 fully saturated rings. The summed E-state index contributed by atoms with van der Waals surface area (Å²) in [5, 5.41) is 0. The Morgan fingerprint density at radius 3 is 2.47 bits per heavy atom. The van der Waals surface area contributed by atoms with Crippen molar-refractivity contribution in [2.75, 3.05) is 19.7 Å². The lowest BCUT2D eigenvalue weighted by Crippen LogP contribution is -2.37. The lowest BCUT2D eigenvalue weighted by molar-refractivity contribution is 0.201. The number of rotatable bonds is 8. The highest BCUT2D eigenvalue weighted by atomic mass is 31.1. The van der Waals surface area contributed by atoms with Gasteiger partial charge in [-0.3, -0.25) is 4.52 Å². The third-order valence-corrected chi connectivity index (χ3v) is 2.10. The smallest absolute Gasteiger partial charge is 0.327 e. The minimum atomic E-state index is -0.405. The minimum Gasteiger partial charge on any atom is -0.351 e. The van der Waals surface area contributed by atoms with Gasteiger partial charge in [0.1, 0.15) is 0 Å². The summed E-state index contributed by atoms with van der Waals surface area (Å²) in [6.45, 7) is 3.67. The SMILES string of the molecule is CCCCN(CCCOP=O)C(N)=O.[AlH3]. The van der Waals surface area contributed by atoms with Crippen LogP contribution in [0.2, 0.25) is 0 Å². The molecule has 0 radical (unpaired) electrons. The van der Waals surface area contributed by atoms with Crippen LogP contribution in [0.5, 0.6) is 0 Å². The Labute approximate surface area is 103 Å². The first-order chi connectivity index (χ1) is 6.72. The van der Waals surface area contributed by atoms with E-state index in [4.69, 9.17) is 5.73 Å². The van der Waals surface area contributed by atoms with Gasteiger partial charge in [0, 0.05) is 13.1 Å². The molecule has 7 heteroatoms. The number of nitrogens with two attached hydrogens (primary N) is 1. The average molecular weight is 250 g/mol. The Morgan fingerprint density at radius 2 is 2.00 bits per heavy atom. The van der Waals surface area contributed by atoms with E-state index in [0.717, 1.165) is 12.8 Å². The van der Waals surface area contributed by atoms with Crippen LogP contribution in [0.15, 0.2) is 0 Å². The van der Waals surface area contributed by atoms with Gasteiger partial charge in [-0.2, -0.15) is 0 Å². The molecule has 0 unspecified atom stereocenters. The summed E-state index contributed by atoms with van der Waals surface area (Å²) in [6, 6.07) is -0.405. The van der Waals surface area contributed by atoms with Crippen LogP contribution in [-0.4, -0.2) is 48.0 Å². The van der Waals surface area contributed by atoms with E-state index in [0.29, 0.717) is 26.1 Å². The van der Waals surface area contributed by atoms with Crippen molar-refractivity contribution in [1.82, 2.24) is 4.90 Å². The van der Waals surface area contributed by atoms with E-state index in [1.54, 1.807) is 4.90 Å². The molecule has 0 aliphatic heterocycles. The number of hydrogen-bond donors (Lipinski definition) is 1. The van der Waals surface area contributed by atoms with E-state index in [1.165, 1.54) is 0 Å². The summed E-state index contributed by atoms with van der Waals surface area (Å²) in [5.74, 6) is 0. The highest BCUT2D eigenvalue weighted by Gasteiger charge is 2.07. The second-order valence-electron chi connectivity index (χ2n) is 2.94. The summed E-state index contributed by atoms with van der Waals surface area (Å²) in [6.07, 6.45) is 2.63. The van der Waals surface area contributed by atoms with Crippen molar-refractivity contribution in [2.24, 2.45) is 5.73 Å². The molecule has 0 aromatic heterocycles. The van der Waals surface area contributed by atoms with Crippen LogP contribution in [0, 0.1) is 0 Å². The molecule has 0 aromatic rings. The first-order valence-corrected chi connectivity index (χ1v) is 5.44. The van der Waals surface area contributed by atoms with Crippen LogP contribution < -0.4 is 5.73 Å². The predicted molar refractivity (Wildman–Crippen MR) is 64.2 cm³/mol.